The van der Waals surface area contributed by atoms with E-state index in [0.717, 1.165) is 31.8 Å². The number of aryl methyl sites for hydroxylation is 1. The highest BCUT2D eigenvalue weighted by atomic mass is 16.1. The number of hydrogen-bond donors (Lipinski definition) is 0. The van der Waals surface area contributed by atoms with Gasteiger partial charge in [-0.2, -0.15) is 5.10 Å². The molecule has 3 aliphatic rings. The fraction of sp³-hybridized carbons (Fsp3) is 0.615. The third kappa shape index (κ3) is 4.12. The summed E-state index contributed by atoms with van der Waals surface area (Å²) in [6.45, 7) is 8.38. The number of likely N-dealkylation sites (tertiary alicyclic amines) is 1. The van der Waals surface area contributed by atoms with E-state index in [0.29, 0.717) is 23.0 Å². The Morgan fingerprint density at radius 1 is 1.10 bits per heavy atom. The molecule has 1 aromatic carbocycles. The number of carbonyl (C=O) groups is 1. The Bertz CT molecular complexity index is 877. The van der Waals surface area contributed by atoms with Crippen LogP contribution in [-0.4, -0.2) is 33.6 Å². The molecule has 4 nitrogen and oxygen atoms in total. The smallest absolute Gasteiger partial charge is 0.132 e. The van der Waals surface area contributed by atoms with Crippen LogP contribution in [0.5, 0.6) is 0 Å². The number of piperidine rings is 1. The molecule has 1 aliphatic heterocycles. The van der Waals surface area contributed by atoms with Crippen LogP contribution in [0.3, 0.4) is 0 Å². The van der Waals surface area contributed by atoms with E-state index >= 15 is 0 Å². The molecule has 160 valence electrons. The predicted octanol–water partition coefficient (Wildman–Crippen LogP) is 4.97. The Balaban J connectivity index is 1.06. The number of hydrogen-bond acceptors (Lipinski definition) is 3. The van der Waals surface area contributed by atoms with Crippen molar-refractivity contribution >= 4 is 5.78 Å². The zero-order chi connectivity index (χ0) is 20.7. The zero-order valence-corrected chi connectivity index (χ0v) is 18.5. The third-order valence-electron chi connectivity index (χ3n) is 8.06. The van der Waals surface area contributed by atoms with E-state index in [1.54, 1.807) is 6.92 Å². The molecule has 2 aliphatic carbocycles. The van der Waals surface area contributed by atoms with Gasteiger partial charge in [0.15, 0.2) is 0 Å². The number of Topliss-reactive ketones (excluding diaryl/α,β-unsaturated/α-hetero) is 1. The van der Waals surface area contributed by atoms with Gasteiger partial charge >= 0.3 is 0 Å². The largest absolute Gasteiger partial charge is 0.300 e. The molecule has 2 saturated carbocycles. The summed E-state index contributed by atoms with van der Waals surface area (Å²) < 4.78 is 2.11. The lowest BCUT2D eigenvalue weighted by molar-refractivity contribution is -0.133. The van der Waals surface area contributed by atoms with Gasteiger partial charge in [-0.15, -0.1) is 0 Å². The van der Waals surface area contributed by atoms with Crippen molar-refractivity contribution in [3.05, 3.63) is 53.3 Å². The number of rotatable bonds is 6. The second kappa shape index (κ2) is 7.96. The van der Waals surface area contributed by atoms with Crippen molar-refractivity contribution in [3.63, 3.8) is 0 Å². The Morgan fingerprint density at radius 3 is 2.40 bits per heavy atom. The zero-order valence-electron chi connectivity index (χ0n) is 18.5. The minimum atomic E-state index is 0.362. The minimum Gasteiger partial charge on any atom is -0.300 e. The van der Waals surface area contributed by atoms with Crippen molar-refractivity contribution < 1.29 is 4.79 Å². The molecule has 0 amide bonds. The minimum absolute atomic E-state index is 0.362. The Morgan fingerprint density at radius 2 is 1.80 bits per heavy atom. The van der Waals surface area contributed by atoms with E-state index < -0.39 is 0 Å². The van der Waals surface area contributed by atoms with Gasteiger partial charge < -0.3 is 0 Å². The molecule has 1 spiro atoms. The van der Waals surface area contributed by atoms with Gasteiger partial charge in [-0.05, 0) is 99.4 Å². The van der Waals surface area contributed by atoms with Gasteiger partial charge in [0.25, 0.3) is 0 Å². The van der Waals surface area contributed by atoms with Crippen LogP contribution in [0.15, 0.2) is 36.7 Å². The topological polar surface area (TPSA) is 38.1 Å². The first-order valence-corrected chi connectivity index (χ1v) is 11.8. The average Bonchev–Trinajstić information content (AvgIpc) is 3.07. The van der Waals surface area contributed by atoms with Crippen LogP contribution < -0.4 is 0 Å². The molecular formula is C26H35N3O. The average molecular weight is 406 g/mol. The maximum absolute atomic E-state index is 11.5. The summed E-state index contributed by atoms with van der Waals surface area (Å²) in [5.74, 6) is 2.23. The molecule has 0 bridgehead atoms. The molecule has 2 heterocycles. The number of ketones is 1. The summed E-state index contributed by atoms with van der Waals surface area (Å²) in [6.07, 6.45) is 11.5. The third-order valence-corrected chi connectivity index (χ3v) is 8.06. The number of nitrogens with zero attached hydrogens (tertiary/aromatic N) is 3. The standard InChI is InChI=1S/C26H35N3O/c1-19-15-27-29(16-19)18-22-7-9-28(10-8-22)17-21-3-5-23(6-4-21)25-13-26(14-25)11-24(12-26)20(2)30/h3-6,15-16,22,24-25H,7-14,17-18H2,1-2H3. The lowest BCUT2D eigenvalue weighted by Crippen LogP contribution is -2.48. The van der Waals surface area contributed by atoms with Gasteiger partial charge in [0.1, 0.15) is 5.78 Å². The lowest BCUT2D eigenvalue weighted by Gasteiger charge is -2.57. The molecule has 5 rings (SSSR count). The van der Waals surface area contributed by atoms with Gasteiger partial charge in [-0.25, -0.2) is 0 Å². The summed E-state index contributed by atoms with van der Waals surface area (Å²) in [6, 6.07) is 9.41. The van der Waals surface area contributed by atoms with Crippen molar-refractivity contribution in [2.45, 2.75) is 71.4 Å². The molecular weight excluding hydrogens is 370 g/mol. The maximum Gasteiger partial charge on any atom is 0.132 e. The summed E-state index contributed by atoms with van der Waals surface area (Å²) in [5, 5.41) is 4.45. The predicted molar refractivity (Wildman–Crippen MR) is 119 cm³/mol. The van der Waals surface area contributed by atoms with Gasteiger partial charge in [-0.3, -0.25) is 14.4 Å². The molecule has 0 radical (unpaired) electrons. The molecule has 30 heavy (non-hydrogen) atoms. The van der Waals surface area contributed by atoms with Crippen LogP contribution in [0.2, 0.25) is 0 Å². The molecule has 3 fully saturated rings. The fourth-order valence-electron chi connectivity index (χ4n) is 6.14. The molecule has 0 atom stereocenters. The second-order valence-corrected chi connectivity index (χ2v) is 10.5. The monoisotopic (exact) mass is 405 g/mol. The fourth-order valence-corrected chi connectivity index (χ4v) is 6.14. The van der Waals surface area contributed by atoms with E-state index in [1.165, 1.54) is 55.5 Å². The second-order valence-electron chi connectivity index (χ2n) is 10.5. The molecule has 2 aromatic rings. The van der Waals surface area contributed by atoms with Crippen LogP contribution in [0.4, 0.5) is 0 Å². The van der Waals surface area contributed by atoms with Gasteiger partial charge in [0.2, 0.25) is 0 Å². The normalized spacial score (nSPS) is 29.5. The van der Waals surface area contributed by atoms with Crippen LogP contribution in [0.1, 0.15) is 68.1 Å². The van der Waals surface area contributed by atoms with E-state index in [2.05, 4.69) is 52.1 Å². The summed E-state index contributed by atoms with van der Waals surface area (Å²) >= 11 is 0. The van der Waals surface area contributed by atoms with Crippen LogP contribution in [-0.2, 0) is 17.9 Å². The first kappa shape index (κ1) is 20.0. The molecule has 0 N–H and O–H groups in total. The highest BCUT2D eigenvalue weighted by molar-refractivity contribution is 5.79. The quantitative estimate of drug-likeness (QED) is 0.681. The first-order chi connectivity index (χ1) is 14.5. The van der Waals surface area contributed by atoms with Crippen molar-refractivity contribution in [1.82, 2.24) is 14.7 Å². The van der Waals surface area contributed by atoms with Gasteiger partial charge in [-0.1, -0.05) is 24.3 Å². The molecule has 4 heteroatoms. The Labute approximate surface area is 180 Å². The summed E-state index contributed by atoms with van der Waals surface area (Å²) in [4.78, 5) is 14.1. The number of aromatic nitrogens is 2. The van der Waals surface area contributed by atoms with Crippen LogP contribution in [0.25, 0.3) is 0 Å². The van der Waals surface area contributed by atoms with E-state index in [-0.39, 0.29) is 0 Å². The van der Waals surface area contributed by atoms with Gasteiger partial charge in [0, 0.05) is 25.2 Å². The molecule has 0 unspecified atom stereocenters. The van der Waals surface area contributed by atoms with Gasteiger partial charge in [0.05, 0.1) is 6.20 Å². The number of benzene rings is 1. The summed E-state index contributed by atoms with van der Waals surface area (Å²) in [5.41, 5.74) is 4.71. The van der Waals surface area contributed by atoms with E-state index in [4.69, 9.17) is 0 Å². The van der Waals surface area contributed by atoms with Crippen molar-refractivity contribution in [2.75, 3.05) is 13.1 Å². The van der Waals surface area contributed by atoms with E-state index in [1.807, 2.05) is 6.20 Å². The van der Waals surface area contributed by atoms with Crippen molar-refractivity contribution in [2.24, 2.45) is 17.3 Å². The van der Waals surface area contributed by atoms with Crippen LogP contribution in [0, 0.1) is 24.2 Å². The molecule has 1 aromatic heterocycles. The van der Waals surface area contributed by atoms with Crippen LogP contribution >= 0.6 is 0 Å². The highest BCUT2D eigenvalue weighted by Crippen LogP contribution is 2.64. The highest BCUT2D eigenvalue weighted by Gasteiger charge is 2.53. The van der Waals surface area contributed by atoms with Crippen molar-refractivity contribution in [3.8, 4) is 0 Å². The molecule has 1 saturated heterocycles. The van der Waals surface area contributed by atoms with E-state index in [9.17, 15) is 4.79 Å². The Hall–Kier alpha value is -1.94. The number of carbonyl (C=O) groups excluding carboxylic acids is 1. The lowest BCUT2D eigenvalue weighted by atomic mass is 9.47. The van der Waals surface area contributed by atoms with Crippen molar-refractivity contribution in [1.29, 1.82) is 0 Å². The summed E-state index contributed by atoms with van der Waals surface area (Å²) in [7, 11) is 0. The first-order valence-electron chi connectivity index (χ1n) is 11.8. The Kier molecular flexibility index (Phi) is 5.30. The maximum atomic E-state index is 11.5. The SMILES string of the molecule is CC(=O)C1CC2(C1)CC(c1ccc(CN3CCC(Cn4cc(C)cn4)CC3)cc1)C2.